The van der Waals surface area contributed by atoms with E-state index in [9.17, 15) is 19.5 Å². The fraction of sp³-hybridized carbons (Fsp3) is 0.421. The van der Waals surface area contributed by atoms with Crippen molar-refractivity contribution < 1.29 is 23.9 Å². The molecule has 4 fully saturated rings. The maximum atomic E-state index is 15.2. The summed E-state index contributed by atoms with van der Waals surface area (Å²) in [4.78, 5) is 57.5. The van der Waals surface area contributed by atoms with Crippen LogP contribution in [0.1, 0.15) is 23.7 Å². The monoisotopic (exact) mass is 711 g/mol. The molecule has 4 amide bonds. The van der Waals surface area contributed by atoms with E-state index < -0.39 is 24.1 Å². The van der Waals surface area contributed by atoms with Crippen molar-refractivity contribution in [1.29, 1.82) is 0 Å². The van der Waals surface area contributed by atoms with Gasteiger partial charge in [0, 0.05) is 51.3 Å². The normalized spacial score (nSPS) is 24.2. The highest BCUT2D eigenvalue weighted by Gasteiger charge is 2.51. The van der Waals surface area contributed by atoms with E-state index >= 15 is 4.39 Å². The first-order valence-corrected chi connectivity index (χ1v) is 17.8. The molecule has 0 spiro atoms. The number of fused-ring (bicyclic) bond motifs is 1. The number of nitrogens with one attached hydrogen (secondary N) is 1. The smallest absolute Gasteiger partial charge is 0.334 e. The number of aromatic hydroxyl groups is 1. The lowest BCUT2D eigenvalue weighted by atomic mass is 9.98. The molecule has 7 rings (SSSR count). The van der Waals surface area contributed by atoms with Crippen LogP contribution in [-0.2, 0) is 29.1 Å². The van der Waals surface area contributed by atoms with Crippen molar-refractivity contribution in [2.45, 2.75) is 50.8 Å². The van der Waals surface area contributed by atoms with Crippen LogP contribution in [0.2, 0.25) is 0 Å². The highest BCUT2D eigenvalue weighted by Crippen LogP contribution is 2.32. The molecule has 13 nitrogen and oxygen atoms in total. The van der Waals surface area contributed by atoms with E-state index in [2.05, 4.69) is 40.6 Å². The number of hydrogen-bond donors (Lipinski definition) is 2. The standard InChI is InChI=1S/C38H46FN9O4/c1-4-15-45-25-36(50)47-32(18-28-13-14-30(49)19-31(28)39)37(51)44(23-35(47)48(45)38(52)40-20-27-9-6-5-7-10-27)22-29-11-8-12-33(41-29)46-24-34(46)43-17-16-42(3)26(2)21-43/h4-14,19,26,32,34-35,49H,1,15-18,20-25H2,2-3H3,(H,40,52)/t26?,32-,34?,35-,46?/m0/s1. The number of benzene rings is 2. The van der Waals surface area contributed by atoms with Gasteiger partial charge in [-0.1, -0.05) is 48.5 Å². The number of pyridine rings is 1. The lowest BCUT2D eigenvalue weighted by Gasteiger charge is -2.55. The Bertz CT molecular complexity index is 1810. The average molecular weight is 712 g/mol. The molecule has 2 unspecified atom stereocenters. The van der Waals surface area contributed by atoms with Crippen molar-refractivity contribution >= 4 is 23.7 Å². The van der Waals surface area contributed by atoms with Crippen LogP contribution in [0.25, 0.3) is 0 Å². The third-order valence-electron chi connectivity index (χ3n) is 10.6. The van der Waals surface area contributed by atoms with Crippen LogP contribution in [0.15, 0.2) is 79.4 Å². The number of piperazine rings is 2. The molecular formula is C38H46FN9O4. The number of phenolic OH excluding ortho intramolecular Hbond substituents is 1. The van der Waals surface area contributed by atoms with Crippen molar-refractivity contribution in [3.05, 3.63) is 102 Å². The third kappa shape index (κ3) is 7.31. The van der Waals surface area contributed by atoms with Gasteiger partial charge in [-0.2, -0.15) is 0 Å². The molecular weight excluding hydrogens is 665 g/mol. The van der Waals surface area contributed by atoms with Crippen LogP contribution >= 0.6 is 0 Å². The summed E-state index contributed by atoms with van der Waals surface area (Å²) in [7, 11) is 2.15. The lowest BCUT2D eigenvalue weighted by molar-refractivity contribution is -0.189. The number of anilines is 1. The number of likely N-dealkylation sites (N-methyl/N-ethyl adjacent to an activating group) is 1. The Balaban J connectivity index is 1.17. The molecule has 1 aromatic heterocycles. The number of carbonyl (C=O) groups excluding carboxylic acids is 3. The van der Waals surface area contributed by atoms with Crippen LogP contribution < -0.4 is 10.2 Å². The van der Waals surface area contributed by atoms with E-state index in [0.717, 1.165) is 43.6 Å². The Morgan fingerprint density at radius 1 is 1.04 bits per heavy atom. The highest BCUT2D eigenvalue weighted by atomic mass is 19.1. The molecule has 4 aliphatic heterocycles. The molecule has 2 aromatic carbocycles. The van der Waals surface area contributed by atoms with Gasteiger partial charge in [-0.25, -0.2) is 24.2 Å². The van der Waals surface area contributed by atoms with Crippen LogP contribution in [0, 0.1) is 5.82 Å². The van der Waals surface area contributed by atoms with Crippen LogP contribution in [0.3, 0.4) is 0 Å². The van der Waals surface area contributed by atoms with Gasteiger partial charge in [0.2, 0.25) is 11.8 Å². The fourth-order valence-electron chi connectivity index (χ4n) is 7.55. The van der Waals surface area contributed by atoms with Gasteiger partial charge >= 0.3 is 6.03 Å². The van der Waals surface area contributed by atoms with Crippen molar-refractivity contribution in [1.82, 2.24) is 39.9 Å². The maximum absolute atomic E-state index is 15.2. The van der Waals surface area contributed by atoms with Crippen molar-refractivity contribution in [3.8, 4) is 5.75 Å². The molecule has 5 heterocycles. The fourth-order valence-corrected chi connectivity index (χ4v) is 7.55. The second-order valence-corrected chi connectivity index (χ2v) is 14.1. The van der Waals surface area contributed by atoms with Crippen molar-refractivity contribution in [2.24, 2.45) is 0 Å². The van der Waals surface area contributed by atoms with E-state index in [0.29, 0.717) is 11.7 Å². The van der Waals surface area contributed by atoms with Gasteiger partial charge in [-0.15, -0.1) is 6.58 Å². The summed E-state index contributed by atoms with van der Waals surface area (Å²) in [5.41, 5.74) is 1.74. The van der Waals surface area contributed by atoms with Gasteiger partial charge in [0.25, 0.3) is 0 Å². The van der Waals surface area contributed by atoms with Gasteiger partial charge in [0.1, 0.15) is 35.8 Å². The van der Waals surface area contributed by atoms with E-state index in [1.54, 1.807) is 16.0 Å². The topological polar surface area (TPSA) is 119 Å². The Labute approximate surface area is 303 Å². The third-order valence-corrected chi connectivity index (χ3v) is 10.6. The summed E-state index contributed by atoms with van der Waals surface area (Å²) < 4.78 is 15.2. The van der Waals surface area contributed by atoms with E-state index in [4.69, 9.17) is 4.98 Å². The molecule has 0 aliphatic carbocycles. The number of hydrazine groups is 1. The minimum atomic E-state index is -1.11. The number of aromatic nitrogens is 1. The Morgan fingerprint density at radius 2 is 1.85 bits per heavy atom. The minimum Gasteiger partial charge on any atom is -0.508 e. The van der Waals surface area contributed by atoms with E-state index in [-0.39, 0.29) is 68.4 Å². The number of rotatable bonds is 10. The summed E-state index contributed by atoms with van der Waals surface area (Å²) in [6, 6.07) is 17.9. The van der Waals surface area contributed by atoms with Crippen LogP contribution in [0.5, 0.6) is 5.75 Å². The molecule has 4 atom stereocenters. The first kappa shape index (κ1) is 35.4. The quantitative estimate of drug-likeness (QED) is 0.242. The number of phenols is 1. The SMILES string of the molecule is C=CCN1CC(=O)N2[C@@H](Cc3ccc(O)cc3F)C(=O)N(Cc3cccc(N4CC4N4CCN(C)C(C)C4)n3)C[C@@H]2N1C(=O)NCc1ccccc1. The molecule has 0 saturated carbocycles. The van der Waals surface area contributed by atoms with E-state index in [1.807, 2.05) is 48.5 Å². The molecule has 14 heteroatoms. The number of amides is 4. The molecule has 0 bridgehead atoms. The zero-order valence-corrected chi connectivity index (χ0v) is 29.6. The largest absolute Gasteiger partial charge is 0.508 e. The second kappa shape index (κ2) is 14.9. The molecule has 0 radical (unpaired) electrons. The summed E-state index contributed by atoms with van der Waals surface area (Å²) in [6.07, 6.45) is 0.866. The molecule has 4 saturated heterocycles. The summed E-state index contributed by atoms with van der Waals surface area (Å²) in [6.45, 7) is 10.4. The zero-order chi connectivity index (χ0) is 36.5. The lowest BCUT2D eigenvalue weighted by Crippen LogP contribution is -2.76. The molecule has 274 valence electrons. The number of halogens is 1. The number of hydrogen-bond acceptors (Lipinski definition) is 9. The summed E-state index contributed by atoms with van der Waals surface area (Å²) >= 11 is 0. The summed E-state index contributed by atoms with van der Waals surface area (Å²) in [5, 5.41) is 16.0. The van der Waals surface area contributed by atoms with Gasteiger partial charge in [0.15, 0.2) is 0 Å². The highest BCUT2D eigenvalue weighted by molar-refractivity contribution is 5.91. The van der Waals surface area contributed by atoms with Gasteiger partial charge in [-0.05, 0) is 43.3 Å². The molecule has 52 heavy (non-hydrogen) atoms. The van der Waals surface area contributed by atoms with Gasteiger partial charge in [0.05, 0.1) is 31.9 Å². The molecule has 2 N–H and O–H groups in total. The number of carbonyl (C=O) groups is 3. The zero-order valence-electron chi connectivity index (χ0n) is 29.6. The van der Waals surface area contributed by atoms with Crippen molar-refractivity contribution in [2.75, 3.05) is 57.8 Å². The predicted octanol–water partition coefficient (Wildman–Crippen LogP) is 2.44. The second-order valence-electron chi connectivity index (χ2n) is 14.1. The molecule has 4 aliphatic rings. The first-order valence-electron chi connectivity index (χ1n) is 17.8. The Hall–Kier alpha value is -5.05. The van der Waals surface area contributed by atoms with Crippen LogP contribution in [-0.4, -0.2) is 135 Å². The number of urea groups is 1. The summed E-state index contributed by atoms with van der Waals surface area (Å²) in [5.74, 6) is -0.833. The number of nitrogens with zero attached hydrogens (tertiary/aromatic N) is 8. The maximum Gasteiger partial charge on any atom is 0.334 e. The Morgan fingerprint density at radius 3 is 2.60 bits per heavy atom. The van der Waals surface area contributed by atoms with Gasteiger partial charge < -0.3 is 30.0 Å². The molecule has 3 aromatic rings. The Kier molecular flexibility index (Phi) is 10.1. The average Bonchev–Trinajstić information content (AvgIpc) is 3.93. The van der Waals surface area contributed by atoms with Gasteiger partial charge in [-0.3, -0.25) is 14.5 Å². The first-order chi connectivity index (χ1) is 25.1. The van der Waals surface area contributed by atoms with Crippen molar-refractivity contribution in [3.63, 3.8) is 0 Å². The minimum absolute atomic E-state index is 0.0168. The predicted molar refractivity (Wildman–Crippen MR) is 193 cm³/mol. The van der Waals surface area contributed by atoms with Crippen LogP contribution in [0.4, 0.5) is 15.0 Å². The van der Waals surface area contributed by atoms with E-state index in [1.165, 1.54) is 22.0 Å².